The lowest BCUT2D eigenvalue weighted by Crippen LogP contribution is -2.18. The number of nitriles is 1. The quantitative estimate of drug-likeness (QED) is 0.0343. The molecule has 0 heterocycles. The van der Waals surface area contributed by atoms with Gasteiger partial charge in [-0.15, -0.1) is 0 Å². The number of ether oxygens (including phenoxy) is 4. The number of hydrogen-bond acceptors (Lipinski definition) is 7. The predicted octanol–water partition coefficient (Wildman–Crippen LogP) is 19.8. The van der Waals surface area contributed by atoms with Gasteiger partial charge in [0.1, 0.15) is 34.6 Å². The van der Waals surface area contributed by atoms with Crippen LogP contribution in [-0.2, 0) is 15.6 Å². The van der Waals surface area contributed by atoms with Crippen LogP contribution in [-0.4, -0.2) is 37.5 Å². The van der Waals surface area contributed by atoms with E-state index in [0.29, 0.717) is 72.9 Å². The predicted molar refractivity (Wildman–Crippen MR) is 348 cm³/mol. The van der Waals surface area contributed by atoms with Crippen LogP contribution < -0.4 is 23.8 Å². The number of benzene rings is 7. The Hall–Kier alpha value is -8.28. The van der Waals surface area contributed by atoms with E-state index in [1.165, 1.54) is 50.6 Å². The first-order valence-electron chi connectivity index (χ1n) is 30.2. The Morgan fingerprint density at radius 3 is 1.19 bits per heavy atom. The van der Waals surface area contributed by atoms with Gasteiger partial charge in [-0.2, -0.15) is 5.26 Å². The summed E-state index contributed by atoms with van der Waals surface area (Å²) in [5.41, 5.74) is 17.1. The molecule has 0 amide bonds. The van der Waals surface area contributed by atoms with Crippen molar-refractivity contribution in [2.24, 2.45) is 23.7 Å². The summed E-state index contributed by atoms with van der Waals surface area (Å²) in [5, 5.41) is 19.6. The normalized spacial score (nSPS) is 13.8. The van der Waals surface area contributed by atoms with Crippen LogP contribution in [0.2, 0.25) is 0 Å². The molecule has 9 rings (SSSR count). The van der Waals surface area contributed by atoms with Crippen LogP contribution in [0.15, 0.2) is 139 Å². The number of rotatable bonds is 25. The van der Waals surface area contributed by atoms with E-state index >= 15 is 0 Å². The minimum absolute atomic E-state index is 0.159. The molecule has 8 heteroatoms. The summed E-state index contributed by atoms with van der Waals surface area (Å²) < 4.78 is 26.2. The topological polar surface area (TPSA) is 101 Å². The molecule has 0 radical (unpaired) electrons. The standard InChI is InChI=1S/C76H84N2O6/c1-49(2)33-37-81-70-43-55(25-26-56-44-73(84-40-36-52(7)8)57(41-58(48-77)74(79)80)45-72(56)83-39-35-51(5)6)71(82-38-34-50(3)4)42-54(70)24-21-53-22-27-59(28-23-53)78(60-29-31-64-62-17-13-15-19-66(62)75(9,10)68(64)46-60)61-30-32-65-63-18-14-16-20-67(63)76(11,12)69(65)47-61/h13-32,41-47,49-52H,33-40H2,1-12H3,(H,79,80). The fourth-order valence-electron chi connectivity index (χ4n) is 11.3. The van der Waals surface area contributed by atoms with E-state index in [2.05, 4.69) is 221 Å². The van der Waals surface area contributed by atoms with Crippen molar-refractivity contribution in [1.29, 1.82) is 5.26 Å². The molecule has 84 heavy (non-hydrogen) atoms. The van der Waals surface area contributed by atoms with Gasteiger partial charge in [-0.1, -0.05) is 180 Å². The van der Waals surface area contributed by atoms with Crippen LogP contribution >= 0.6 is 0 Å². The zero-order chi connectivity index (χ0) is 59.9. The Morgan fingerprint density at radius 1 is 0.464 bits per heavy atom. The third kappa shape index (κ3) is 13.5. The largest absolute Gasteiger partial charge is 0.493 e. The van der Waals surface area contributed by atoms with Gasteiger partial charge in [0.2, 0.25) is 0 Å². The third-order valence-electron chi connectivity index (χ3n) is 16.4. The van der Waals surface area contributed by atoms with Gasteiger partial charge in [0.05, 0.1) is 26.4 Å². The van der Waals surface area contributed by atoms with E-state index in [9.17, 15) is 15.2 Å². The lowest BCUT2D eigenvalue weighted by atomic mass is 9.82. The Balaban J connectivity index is 1.10. The minimum Gasteiger partial charge on any atom is -0.493 e. The van der Waals surface area contributed by atoms with E-state index in [-0.39, 0.29) is 10.8 Å². The molecule has 0 bridgehead atoms. The van der Waals surface area contributed by atoms with Crippen LogP contribution in [0.3, 0.4) is 0 Å². The van der Waals surface area contributed by atoms with E-state index in [0.717, 1.165) is 70.7 Å². The van der Waals surface area contributed by atoms with Crippen molar-refractivity contribution in [2.75, 3.05) is 31.3 Å². The van der Waals surface area contributed by atoms with Crippen molar-refractivity contribution in [3.8, 4) is 51.3 Å². The Morgan fingerprint density at radius 2 is 0.810 bits per heavy atom. The first-order chi connectivity index (χ1) is 40.2. The zero-order valence-corrected chi connectivity index (χ0v) is 51.4. The highest BCUT2D eigenvalue weighted by molar-refractivity contribution is 5.97. The summed E-state index contributed by atoms with van der Waals surface area (Å²) in [6, 6.07) is 50.1. The molecular weight excluding hydrogens is 1040 g/mol. The molecule has 0 spiro atoms. The van der Waals surface area contributed by atoms with E-state index in [4.69, 9.17) is 18.9 Å². The monoisotopic (exact) mass is 1120 g/mol. The van der Waals surface area contributed by atoms with E-state index < -0.39 is 11.5 Å². The molecule has 0 unspecified atom stereocenters. The van der Waals surface area contributed by atoms with Gasteiger partial charge in [0.15, 0.2) is 0 Å². The highest BCUT2D eigenvalue weighted by atomic mass is 16.5. The molecule has 2 aliphatic carbocycles. The fourth-order valence-corrected chi connectivity index (χ4v) is 11.3. The van der Waals surface area contributed by atoms with Crippen LogP contribution in [0.25, 0.3) is 52.6 Å². The van der Waals surface area contributed by atoms with Crippen molar-refractivity contribution < 1.29 is 28.8 Å². The summed E-state index contributed by atoms with van der Waals surface area (Å²) in [6.45, 7) is 28.6. The summed E-state index contributed by atoms with van der Waals surface area (Å²) in [7, 11) is 0. The molecule has 0 fully saturated rings. The van der Waals surface area contributed by atoms with Crippen molar-refractivity contribution in [3.05, 3.63) is 189 Å². The van der Waals surface area contributed by atoms with Crippen LogP contribution in [0.4, 0.5) is 17.1 Å². The average molecular weight is 1120 g/mol. The van der Waals surface area contributed by atoms with Crippen LogP contribution in [0.5, 0.6) is 23.0 Å². The second kappa shape index (κ2) is 26.1. The van der Waals surface area contributed by atoms with Gasteiger partial charge in [0, 0.05) is 50.1 Å². The van der Waals surface area contributed by atoms with Crippen molar-refractivity contribution in [2.45, 2.75) is 120 Å². The highest BCUT2D eigenvalue weighted by Gasteiger charge is 2.38. The van der Waals surface area contributed by atoms with Gasteiger partial charge in [-0.3, -0.25) is 0 Å². The molecule has 434 valence electrons. The van der Waals surface area contributed by atoms with Crippen molar-refractivity contribution >= 4 is 53.4 Å². The number of anilines is 3. The molecular formula is C76H84N2O6. The summed E-state index contributed by atoms with van der Waals surface area (Å²) in [4.78, 5) is 14.5. The molecule has 0 aliphatic heterocycles. The molecule has 7 aromatic rings. The van der Waals surface area contributed by atoms with E-state index in [1.807, 2.05) is 24.3 Å². The Bertz CT molecular complexity index is 3530. The number of carbonyl (C=O) groups is 1. The maximum absolute atomic E-state index is 12.1. The van der Waals surface area contributed by atoms with Gasteiger partial charge in [-0.05, 0) is 166 Å². The zero-order valence-electron chi connectivity index (χ0n) is 51.4. The summed E-state index contributed by atoms with van der Waals surface area (Å²) in [5.74, 6) is 2.82. The lowest BCUT2D eigenvalue weighted by Gasteiger charge is -2.29. The van der Waals surface area contributed by atoms with Crippen LogP contribution in [0.1, 0.15) is 159 Å². The molecule has 1 N–H and O–H groups in total. The van der Waals surface area contributed by atoms with Gasteiger partial charge < -0.3 is 29.0 Å². The van der Waals surface area contributed by atoms with Crippen LogP contribution in [0, 0.1) is 35.0 Å². The molecule has 2 aliphatic rings. The minimum atomic E-state index is -1.31. The van der Waals surface area contributed by atoms with Crippen molar-refractivity contribution in [3.63, 3.8) is 0 Å². The number of hydrogen-bond donors (Lipinski definition) is 1. The SMILES string of the molecule is CC(C)CCOc1cc(C=Cc2cc(OCCC(C)C)c(C=C(C#N)C(=O)O)cc2OCCC(C)C)c(OCCC(C)C)cc1C=Cc1ccc(N(c2ccc3c(c2)C(C)(C)c2ccccc2-3)c2ccc3c(c2)C(C)(C)c2ccccc2-3)cc1. The maximum Gasteiger partial charge on any atom is 0.346 e. The molecule has 0 saturated carbocycles. The lowest BCUT2D eigenvalue weighted by molar-refractivity contribution is -0.132. The third-order valence-corrected chi connectivity index (χ3v) is 16.4. The Kier molecular flexibility index (Phi) is 18.7. The number of nitrogens with zero attached hydrogens (tertiary/aromatic N) is 2. The first-order valence-corrected chi connectivity index (χ1v) is 30.2. The number of carboxylic acid groups (broad SMARTS) is 1. The van der Waals surface area contributed by atoms with Gasteiger partial charge >= 0.3 is 5.97 Å². The number of aliphatic carboxylic acids is 1. The molecule has 0 saturated heterocycles. The fraction of sp³-hybridized carbons (Fsp3) is 0.342. The molecule has 8 nitrogen and oxygen atoms in total. The van der Waals surface area contributed by atoms with Gasteiger partial charge in [0.25, 0.3) is 0 Å². The average Bonchev–Trinajstić information content (AvgIpc) is 1.80. The molecule has 7 aromatic carbocycles. The second-order valence-corrected chi connectivity index (χ2v) is 25.3. The first kappa shape index (κ1) is 60.3. The smallest absolute Gasteiger partial charge is 0.346 e. The molecule has 0 aromatic heterocycles. The van der Waals surface area contributed by atoms with Gasteiger partial charge in [-0.25, -0.2) is 4.79 Å². The summed E-state index contributed by atoms with van der Waals surface area (Å²) >= 11 is 0. The summed E-state index contributed by atoms with van der Waals surface area (Å²) in [6.07, 6.45) is 13.0. The molecule has 0 atom stereocenters. The highest BCUT2D eigenvalue weighted by Crippen LogP contribution is 2.53. The second-order valence-electron chi connectivity index (χ2n) is 25.3. The number of fused-ring (bicyclic) bond motifs is 6. The number of carboxylic acids is 1. The maximum atomic E-state index is 12.1. The van der Waals surface area contributed by atoms with Crippen molar-refractivity contribution in [1.82, 2.24) is 0 Å². The van der Waals surface area contributed by atoms with E-state index in [1.54, 1.807) is 6.07 Å². The Labute approximate surface area is 500 Å².